The molecule has 0 radical (unpaired) electrons. The van der Waals surface area contributed by atoms with E-state index in [0.717, 1.165) is 11.5 Å². The molecule has 0 spiro atoms. The molecule has 2 N–H and O–H groups in total. The molecule has 1 atom stereocenters. The number of aliphatic carboxylic acids is 1. The molecule has 2 amide bonds. The maximum absolute atomic E-state index is 11.7. The molecule has 0 aliphatic heterocycles. The first kappa shape index (κ1) is 16.1. The number of thioether (sulfide) groups is 1. The number of hydrogen-bond acceptors (Lipinski definition) is 3. The van der Waals surface area contributed by atoms with Crippen LogP contribution in [0.25, 0.3) is 0 Å². The van der Waals surface area contributed by atoms with Crippen LogP contribution in [0.4, 0.5) is 4.79 Å². The molecular formula is C11H22N2O3S. The molecule has 17 heavy (non-hydrogen) atoms. The van der Waals surface area contributed by atoms with Gasteiger partial charge in [-0.05, 0) is 19.1 Å². The molecule has 6 heteroatoms. The average molecular weight is 262 g/mol. The van der Waals surface area contributed by atoms with E-state index in [2.05, 4.69) is 12.2 Å². The third-order valence-electron chi connectivity index (χ3n) is 2.17. The lowest BCUT2D eigenvalue weighted by atomic mass is 10.3. The number of urea groups is 1. The number of nitrogens with zero attached hydrogens (tertiary/aromatic N) is 1. The molecule has 100 valence electrons. The highest BCUT2D eigenvalue weighted by Crippen LogP contribution is 2.02. The Hall–Kier alpha value is -0.910. The van der Waals surface area contributed by atoms with E-state index in [1.54, 1.807) is 18.8 Å². The highest BCUT2D eigenvalue weighted by Gasteiger charge is 2.11. The molecule has 0 fully saturated rings. The zero-order chi connectivity index (χ0) is 13.3. The van der Waals surface area contributed by atoms with Crippen LogP contribution in [0.5, 0.6) is 0 Å². The Morgan fingerprint density at radius 1 is 1.47 bits per heavy atom. The van der Waals surface area contributed by atoms with E-state index < -0.39 is 5.97 Å². The number of nitrogens with one attached hydrogen (secondary N) is 1. The Morgan fingerprint density at radius 2 is 2.12 bits per heavy atom. The summed E-state index contributed by atoms with van der Waals surface area (Å²) < 4.78 is 0. The zero-order valence-electron chi connectivity index (χ0n) is 10.7. The predicted molar refractivity (Wildman–Crippen MR) is 70.5 cm³/mol. The second-order valence-electron chi connectivity index (χ2n) is 3.93. The molecule has 0 aromatic rings. The van der Waals surface area contributed by atoms with Crippen molar-refractivity contribution in [3.8, 4) is 0 Å². The van der Waals surface area contributed by atoms with Crippen LogP contribution in [0.3, 0.4) is 0 Å². The summed E-state index contributed by atoms with van der Waals surface area (Å²) in [6.45, 7) is 4.51. The zero-order valence-corrected chi connectivity index (χ0v) is 11.5. The van der Waals surface area contributed by atoms with Gasteiger partial charge in [0.25, 0.3) is 0 Å². The number of carbonyl (C=O) groups is 2. The van der Waals surface area contributed by atoms with Gasteiger partial charge in [0.05, 0.1) is 0 Å². The van der Waals surface area contributed by atoms with Crippen molar-refractivity contribution in [2.75, 3.05) is 25.1 Å². The molecule has 1 unspecified atom stereocenters. The smallest absolute Gasteiger partial charge is 0.317 e. The fourth-order valence-electron chi connectivity index (χ4n) is 1.23. The lowest BCUT2D eigenvalue weighted by Crippen LogP contribution is -2.43. The van der Waals surface area contributed by atoms with Crippen molar-refractivity contribution in [2.24, 2.45) is 0 Å². The van der Waals surface area contributed by atoms with E-state index in [0.29, 0.717) is 13.0 Å². The standard InChI is InChI=1S/C11H22N2O3S/c1-4-17-8-9(2)12-11(16)13(3)7-5-6-10(14)15/h9H,4-8H2,1-3H3,(H,12,16)(H,14,15). The molecule has 0 saturated heterocycles. The summed E-state index contributed by atoms with van der Waals surface area (Å²) in [5, 5.41) is 11.4. The van der Waals surface area contributed by atoms with Gasteiger partial charge in [0.2, 0.25) is 0 Å². The number of carboxylic acids is 1. The van der Waals surface area contributed by atoms with Gasteiger partial charge in [-0.1, -0.05) is 6.92 Å². The fraction of sp³-hybridized carbons (Fsp3) is 0.818. The van der Waals surface area contributed by atoms with E-state index in [1.165, 1.54) is 4.90 Å². The first-order valence-corrected chi connectivity index (χ1v) is 6.94. The van der Waals surface area contributed by atoms with Crippen LogP contribution < -0.4 is 5.32 Å². The number of carbonyl (C=O) groups excluding carboxylic acids is 1. The van der Waals surface area contributed by atoms with Gasteiger partial charge in [0, 0.05) is 31.8 Å². The van der Waals surface area contributed by atoms with Crippen LogP contribution in [0.1, 0.15) is 26.7 Å². The topological polar surface area (TPSA) is 69.6 Å². The van der Waals surface area contributed by atoms with Crippen LogP contribution in [-0.2, 0) is 4.79 Å². The quantitative estimate of drug-likeness (QED) is 0.697. The van der Waals surface area contributed by atoms with Gasteiger partial charge in [0.15, 0.2) is 0 Å². The van der Waals surface area contributed by atoms with Crippen molar-refractivity contribution in [1.82, 2.24) is 10.2 Å². The number of carboxylic acid groups (broad SMARTS) is 1. The first-order valence-electron chi connectivity index (χ1n) is 5.78. The van der Waals surface area contributed by atoms with Crippen LogP contribution in [0, 0.1) is 0 Å². The van der Waals surface area contributed by atoms with Crippen molar-refractivity contribution in [3.05, 3.63) is 0 Å². The summed E-state index contributed by atoms with van der Waals surface area (Å²) in [5.41, 5.74) is 0. The van der Waals surface area contributed by atoms with Crippen LogP contribution in [0.15, 0.2) is 0 Å². The molecule has 0 aliphatic rings. The highest BCUT2D eigenvalue weighted by molar-refractivity contribution is 7.99. The minimum Gasteiger partial charge on any atom is -0.481 e. The second-order valence-corrected chi connectivity index (χ2v) is 5.25. The molecule has 0 rings (SSSR count). The predicted octanol–water partition coefficient (Wildman–Crippen LogP) is 1.63. The normalized spacial score (nSPS) is 11.9. The second kappa shape index (κ2) is 9.15. The monoisotopic (exact) mass is 262 g/mol. The van der Waals surface area contributed by atoms with Gasteiger partial charge < -0.3 is 15.3 Å². The summed E-state index contributed by atoms with van der Waals surface area (Å²) in [7, 11) is 1.68. The molecule has 0 bridgehead atoms. The third-order valence-corrected chi connectivity index (χ3v) is 3.32. The van der Waals surface area contributed by atoms with Crippen molar-refractivity contribution in [3.63, 3.8) is 0 Å². The molecule has 0 heterocycles. The molecule has 0 aromatic heterocycles. The van der Waals surface area contributed by atoms with Crippen molar-refractivity contribution < 1.29 is 14.7 Å². The SMILES string of the molecule is CCSCC(C)NC(=O)N(C)CCCC(=O)O. The third kappa shape index (κ3) is 8.85. The van der Waals surface area contributed by atoms with E-state index in [1.807, 2.05) is 6.92 Å². The average Bonchev–Trinajstić information content (AvgIpc) is 2.25. The fourth-order valence-corrected chi connectivity index (χ4v) is 1.90. The van der Waals surface area contributed by atoms with Crippen LogP contribution in [-0.4, -0.2) is 53.1 Å². The summed E-state index contributed by atoms with van der Waals surface area (Å²) in [6, 6.07) is -0.00559. The Bertz CT molecular complexity index is 249. The Labute approximate surface area is 107 Å². The maximum atomic E-state index is 11.7. The van der Waals surface area contributed by atoms with Crippen molar-refractivity contribution in [1.29, 1.82) is 0 Å². The van der Waals surface area contributed by atoms with Crippen LogP contribution >= 0.6 is 11.8 Å². The van der Waals surface area contributed by atoms with E-state index >= 15 is 0 Å². The van der Waals surface area contributed by atoms with Gasteiger partial charge in [-0.3, -0.25) is 4.79 Å². The van der Waals surface area contributed by atoms with Gasteiger partial charge in [-0.15, -0.1) is 0 Å². The van der Waals surface area contributed by atoms with Crippen molar-refractivity contribution in [2.45, 2.75) is 32.7 Å². The number of amides is 2. The molecule has 0 aliphatic carbocycles. The lowest BCUT2D eigenvalue weighted by molar-refractivity contribution is -0.137. The van der Waals surface area contributed by atoms with Gasteiger partial charge >= 0.3 is 12.0 Å². The van der Waals surface area contributed by atoms with Gasteiger partial charge in [-0.2, -0.15) is 11.8 Å². The minimum absolute atomic E-state index is 0.0961. The number of hydrogen-bond donors (Lipinski definition) is 2. The molecular weight excluding hydrogens is 240 g/mol. The van der Waals surface area contributed by atoms with Crippen LogP contribution in [0.2, 0.25) is 0 Å². The van der Waals surface area contributed by atoms with E-state index in [-0.39, 0.29) is 18.5 Å². The summed E-state index contributed by atoms with van der Waals surface area (Å²) in [5.74, 6) is 1.10. The van der Waals surface area contributed by atoms with Gasteiger partial charge in [0.1, 0.15) is 0 Å². The van der Waals surface area contributed by atoms with Gasteiger partial charge in [-0.25, -0.2) is 4.79 Å². The lowest BCUT2D eigenvalue weighted by Gasteiger charge is -2.20. The highest BCUT2D eigenvalue weighted by atomic mass is 32.2. The Kier molecular flexibility index (Phi) is 8.66. The number of rotatable bonds is 8. The Morgan fingerprint density at radius 3 is 2.65 bits per heavy atom. The Balaban J connectivity index is 3.76. The van der Waals surface area contributed by atoms with Crippen molar-refractivity contribution >= 4 is 23.8 Å². The maximum Gasteiger partial charge on any atom is 0.317 e. The largest absolute Gasteiger partial charge is 0.481 e. The molecule has 0 saturated carbocycles. The summed E-state index contributed by atoms with van der Waals surface area (Å²) in [6.07, 6.45) is 0.580. The van der Waals surface area contributed by atoms with E-state index in [4.69, 9.17) is 5.11 Å². The summed E-state index contributed by atoms with van der Waals surface area (Å²) in [4.78, 5) is 23.5. The summed E-state index contributed by atoms with van der Waals surface area (Å²) >= 11 is 1.78. The molecule has 5 nitrogen and oxygen atoms in total. The molecule has 0 aromatic carbocycles. The van der Waals surface area contributed by atoms with E-state index in [9.17, 15) is 9.59 Å². The minimum atomic E-state index is -0.827. The first-order chi connectivity index (χ1) is 7.97.